The molecule has 2 aromatic heterocycles. The smallest absolute Gasteiger partial charge is 0.352 e. The summed E-state index contributed by atoms with van der Waals surface area (Å²) in [6.07, 6.45) is -0.129. The van der Waals surface area contributed by atoms with Crippen molar-refractivity contribution in [2.45, 2.75) is 23.0 Å². The summed E-state index contributed by atoms with van der Waals surface area (Å²) in [6.45, 7) is 0. The van der Waals surface area contributed by atoms with Crippen molar-refractivity contribution in [3.05, 3.63) is 28.2 Å². The summed E-state index contributed by atoms with van der Waals surface area (Å²) in [6, 6.07) is 0.597. The lowest BCUT2D eigenvalue weighted by Crippen LogP contribution is -2.70. The molecule has 2 atom stereocenters. The summed E-state index contributed by atoms with van der Waals surface area (Å²) >= 11 is 8.32. The SMILES string of the molecule is Cn1nnnc1SCC1=C(C(=O)O)N2C(=O)[C@H](NC(=O)Cc3cc(Cl)no3)[C@H]2SC1. The Morgan fingerprint density at radius 2 is 2.30 bits per heavy atom. The number of hydrogen-bond donors (Lipinski definition) is 2. The summed E-state index contributed by atoms with van der Waals surface area (Å²) < 4.78 is 6.36. The van der Waals surface area contributed by atoms with E-state index >= 15 is 0 Å². The number of aromatic nitrogens is 5. The second-order valence-electron chi connectivity index (χ2n) is 6.38. The number of aryl methyl sites for hydroxylation is 1. The number of carbonyl (C=O) groups is 3. The van der Waals surface area contributed by atoms with Crippen LogP contribution in [0.2, 0.25) is 5.15 Å². The van der Waals surface area contributed by atoms with Crippen molar-refractivity contribution in [3.8, 4) is 0 Å². The molecule has 0 unspecified atom stereocenters. The average molecular weight is 472 g/mol. The molecule has 2 N–H and O–H groups in total. The largest absolute Gasteiger partial charge is 0.477 e. The first-order valence-electron chi connectivity index (χ1n) is 8.50. The van der Waals surface area contributed by atoms with E-state index in [0.29, 0.717) is 22.2 Å². The highest BCUT2D eigenvalue weighted by molar-refractivity contribution is 8.01. The Bertz CT molecular complexity index is 1050. The lowest BCUT2D eigenvalue weighted by Gasteiger charge is -2.49. The quantitative estimate of drug-likeness (QED) is 0.411. The molecule has 0 bridgehead atoms. The Labute approximate surface area is 182 Å². The predicted molar refractivity (Wildman–Crippen MR) is 104 cm³/mol. The standard InChI is InChI=1S/C15H14ClN7O5S2/c1-22-15(18-20-21-22)30-5-6-4-29-13-10(12(25)23(13)11(6)14(26)27)17-9(24)3-7-2-8(16)19-28-7/h2,10,13H,3-5H2,1H3,(H,17,24)(H,26,27)/t10-,13+/m0/s1. The maximum absolute atomic E-state index is 12.6. The number of carboxylic acid groups (broad SMARTS) is 1. The number of amides is 2. The molecule has 0 radical (unpaired) electrons. The van der Waals surface area contributed by atoms with Crippen LogP contribution in [0.4, 0.5) is 0 Å². The molecule has 2 aliphatic heterocycles. The Morgan fingerprint density at radius 3 is 2.93 bits per heavy atom. The number of carbonyl (C=O) groups excluding carboxylic acids is 2. The fourth-order valence-electron chi connectivity index (χ4n) is 3.04. The second-order valence-corrected chi connectivity index (χ2v) is 8.81. The van der Waals surface area contributed by atoms with Crippen LogP contribution in [0.25, 0.3) is 0 Å². The van der Waals surface area contributed by atoms with E-state index < -0.39 is 29.2 Å². The van der Waals surface area contributed by atoms with Crippen molar-refractivity contribution >= 4 is 52.9 Å². The summed E-state index contributed by atoms with van der Waals surface area (Å²) in [5.41, 5.74) is 0.532. The van der Waals surface area contributed by atoms with E-state index in [2.05, 4.69) is 26.0 Å². The molecule has 2 amide bonds. The average Bonchev–Trinajstić information content (AvgIpc) is 3.31. The summed E-state index contributed by atoms with van der Waals surface area (Å²) in [4.78, 5) is 37.9. The monoisotopic (exact) mass is 471 g/mol. The lowest BCUT2D eigenvalue weighted by atomic mass is 10.0. The van der Waals surface area contributed by atoms with Crippen molar-refractivity contribution in [2.75, 3.05) is 11.5 Å². The summed E-state index contributed by atoms with van der Waals surface area (Å²) in [5.74, 6) is -1.13. The first kappa shape index (κ1) is 20.7. The number of thioether (sulfide) groups is 2. The molecule has 4 heterocycles. The van der Waals surface area contributed by atoms with Gasteiger partial charge < -0.3 is 14.9 Å². The van der Waals surface area contributed by atoms with Gasteiger partial charge in [-0.3, -0.25) is 14.5 Å². The van der Waals surface area contributed by atoms with Gasteiger partial charge in [0.1, 0.15) is 22.9 Å². The third-order valence-electron chi connectivity index (χ3n) is 4.39. The first-order valence-corrected chi connectivity index (χ1v) is 10.9. The van der Waals surface area contributed by atoms with Crippen LogP contribution in [-0.2, 0) is 27.9 Å². The minimum absolute atomic E-state index is 0.0566. The number of carboxylic acids is 1. The number of aliphatic carboxylic acids is 1. The molecule has 1 fully saturated rings. The number of nitrogens with zero attached hydrogens (tertiary/aromatic N) is 6. The molecule has 12 nitrogen and oxygen atoms in total. The van der Waals surface area contributed by atoms with Crippen LogP contribution < -0.4 is 5.32 Å². The van der Waals surface area contributed by atoms with E-state index in [0.717, 1.165) is 0 Å². The maximum atomic E-state index is 12.6. The number of rotatable bonds is 7. The van der Waals surface area contributed by atoms with Gasteiger partial charge in [0.2, 0.25) is 11.1 Å². The van der Waals surface area contributed by atoms with Crippen molar-refractivity contribution < 1.29 is 24.0 Å². The molecule has 0 aromatic carbocycles. The molecule has 1 saturated heterocycles. The Balaban J connectivity index is 1.44. The molecule has 2 aliphatic rings. The number of hydrogen-bond acceptors (Lipinski definition) is 10. The fourth-order valence-corrected chi connectivity index (χ4v) is 5.53. The minimum atomic E-state index is -1.19. The third-order valence-corrected chi connectivity index (χ3v) is 7.00. The summed E-state index contributed by atoms with van der Waals surface area (Å²) in [7, 11) is 1.68. The van der Waals surface area contributed by atoms with Crippen LogP contribution in [0, 0.1) is 0 Å². The van der Waals surface area contributed by atoms with Crippen molar-refractivity contribution in [2.24, 2.45) is 7.05 Å². The molecule has 0 saturated carbocycles. The molecular formula is C15H14ClN7O5S2. The van der Waals surface area contributed by atoms with Crippen molar-refractivity contribution in [1.82, 2.24) is 35.6 Å². The number of halogens is 1. The highest BCUT2D eigenvalue weighted by atomic mass is 35.5. The van der Waals surface area contributed by atoms with Gasteiger partial charge in [0, 0.05) is 24.6 Å². The zero-order chi connectivity index (χ0) is 21.4. The van der Waals surface area contributed by atoms with E-state index in [1.54, 1.807) is 7.05 Å². The number of fused-ring (bicyclic) bond motifs is 1. The molecular weight excluding hydrogens is 458 g/mol. The number of tetrazole rings is 1. The van der Waals surface area contributed by atoms with Crippen LogP contribution in [0.15, 0.2) is 27.0 Å². The number of nitrogens with one attached hydrogen (secondary N) is 1. The van der Waals surface area contributed by atoms with Gasteiger partial charge in [-0.1, -0.05) is 28.5 Å². The van der Waals surface area contributed by atoms with Crippen LogP contribution in [-0.4, -0.2) is 76.1 Å². The number of β-lactam (4-membered cyclic amide) rings is 1. The van der Waals surface area contributed by atoms with Crippen LogP contribution in [0.1, 0.15) is 5.76 Å². The second kappa shape index (κ2) is 8.28. The topological polar surface area (TPSA) is 156 Å². The highest BCUT2D eigenvalue weighted by Gasteiger charge is 2.54. The minimum Gasteiger partial charge on any atom is -0.477 e. The molecule has 158 valence electrons. The van der Waals surface area contributed by atoms with E-state index in [9.17, 15) is 19.5 Å². The van der Waals surface area contributed by atoms with Gasteiger partial charge in [-0.25, -0.2) is 9.48 Å². The van der Waals surface area contributed by atoms with Crippen LogP contribution >= 0.6 is 35.1 Å². The van der Waals surface area contributed by atoms with E-state index in [4.69, 9.17) is 16.1 Å². The van der Waals surface area contributed by atoms with Gasteiger partial charge >= 0.3 is 5.97 Å². The van der Waals surface area contributed by atoms with E-state index in [-0.39, 0.29) is 23.0 Å². The van der Waals surface area contributed by atoms with Gasteiger partial charge in [0.05, 0.1) is 6.42 Å². The predicted octanol–water partition coefficient (Wildman–Crippen LogP) is -0.0751. The molecule has 0 aliphatic carbocycles. The van der Waals surface area contributed by atoms with Crippen molar-refractivity contribution in [3.63, 3.8) is 0 Å². The lowest BCUT2D eigenvalue weighted by molar-refractivity contribution is -0.150. The Morgan fingerprint density at radius 1 is 1.50 bits per heavy atom. The molecule has 4 rings (SSSR count). The Kier molecular flexibility index (Phi) is 5.71. The molecule has 30 heavy (non-hydrogen) atoms. The Hall–Kier alpha value is -2.58. The summed E-state index contributed by atoms with van der Waals surface area (Å²) in [5, 5.41) is 27.1. The van der Waals surface area contributed by atoms with Crippen LogP contribution in [0.5, 0.6) is 0 Å². The van der Waals surface area contributed by atoms with Crippen LogP contribution in [0.3, 0.4) is 0 Å². The van der Waals surface area contributed by atoms with Gasteiger partial charge in [-0.2, -0.15) is 0 Å². The van der Waals surface area contributed by atoms with Gasteiger partial charge in [-0.05, 0) is 16.0 Å². The normalized spacial score (nSPS) is 20.7. The zero-order valence-corrected chi connectivity index (χ0v) is 17.7. The first-order chi connectivity index (χ1) is 14.3. The maximum Gasteiger partial charge on any atom is 0.352 e. The highest BCUT2D eigenvalue weighted by Crippen LogP contribution is 2.41. The fraction of sp³-hybridized carbons (Fsp3) is 0.400. The van der Waals surface area contributed by atoms with Gasteiger partial charge in [-0.15, -0.1) is 16.9 Å². The zero-order valence-electron chi connectivity index (χ0n) is 15.3. The molecule has 0 spiro atoms. The van der Waals surface area contributed by atoms with E-state index in [1.165, 1.54) is 39.2 Å². The van der Waals surface area contributed by atoms with Crippen molar-refractivity contribution in [1.29, 1.82) is 0 Å². The van der Waals surface area contributed by atoms with E-state index in [1.807, 2.05) is 0 Å². The third kappa shape index (κ3) is 3.89. The van der Waals surface area contributed by atoms with Gasteiger partial charge in [0.25, 0.3) is 5.91 Å². The van der Waals surface area contributed by atoms with Gasteiger partial charge in [0.15, 0.2) is 5.15 Å². The molecule has 15 heteroatoms. The molecule has 2 aromatic rings.